The van der Waals surface area contributed by atoms with Crippen LogP contribution in [0.25, 0.3) is 6.08 Å². The molecule has 1 saturated heterocycles. The van der Waals surface area contributed by atoms with Crippen molar-refractivity contribution in [3.8, 4) is 11.5 Å². The number of carbonyl (C=O) groups is 2. The van der Waals surface area contributed by atoms with Crippen LogP contribution in [-0.4, -0.2) is 54.6 Å². The summed E-state index contributed by atoms with van der Waals surface area (Å²) in [6.45, 7) is 2.81. The van der Waals surface area contributed by atoms with Crippen molar-refractivity contribution in [1.82, 2.24) is 9.80 Å². The van der Waals surface area contributed by atoms with Crippen LogP contribution in [0.15, 0.2) is 108 Å². The van der Waals surface area contributed by atoms with E-state index in [9.17, 15) is 9.59 Å². The molecule has 0 radical (unpaired) electrons. The fourth-order valence-electron chi connectivity index (χ4n) is 5.23. The number of unbranched alkanes of at least 4 members (excludes halogenated alkanes) is 1. The molecule has 10 heteroatoms. The van der Waals surface area contributed by atoms with Crippen LogP contribution >= 0.6 is 23.2 Å². The monoisotopic (exact) mass is 685 g/mol. The van der Waals surface area contributed by atoms with E-state index in [0.717, 1.165) is 35.3 Å². The Morgan fingerprint density at radius 3 is 2.27 bits per heavy atom. The molecule has 4 aromatic rings. The first-order valence-corrected chi connectivity index (χ1v) is 16.4. The highest BCUT2D eigenvalue weighted by molar-refractivity contribution is 6.37. The number of aliphatic imine (C=N–C) groups is 1. The van der Waals surface area contributed by atoms with Gasteiger partial charge in [-0.3, -0.25) is 4.79 Å². The molecule has 0 N–H and O–H groups in total. The van der Waals surface area contributed by atoms with Gasteiger partial charge in [-0.1, -0.05) is 91.1 Å². The Balaban J connectivity index is 1.56. The average molecular weight is 687 g/mol. The lowest BCUT2D eigenvalue weighted by molar-refractivity contribution is 0.0999. The molecule has 1 fully saturated rings. The smallest absolute Gasteiger partial charge is 0.421 e. The van der Waals surface area contributed by atoms with Crippen LogP contribution in [0.3, 0.4) is 0 Å². The largest absolute Gasteiger partial charge is 0.497 e. The zero-order valence-corrected chi connectivity index (χ0v) is 28.6. The molecule has 1 aliphatic rings. The minimum atomic E-state index is -0.679. The van der Waals surface area contributed by atoms with Crippen molar-refractivity contribution in [3.05, 3.63) is 135 Å². The summed E-state index contributed by atoms with van der Waals surface area (Å²) in [6.07, 6.45) is 3.74. The summed E-state index contributed by atoms with van der Waals surface area (Å²) in [5, 5.41) is 0.544. The number of rotatable bonds is 11. The molecule has 1 atom stereocenters. The number of halogens is 2. The summed E-state index contributed by atoms with van der Waals surface area (Å²) in [5.74, 6) is 0.968. The van der Waals surface area contributed by atoms with E-state index in [1.54, 1.807) is 20.2 Å². The van der Waals surface area contributed by atoms with Crippen molar-refractivity contribution in [1.29, 1.82) is 0 Å². The molecular weight excluding hydrogens is 649 g/mol. The Morgan fingerprint density at radius 1 is 0.896 bits per heavy atom. The summed E-state index contributed by atoms with van der Waals surface area (Å²) in [5.41, 5.74) is 3.37. The highest BCUT2D eigenvalue weighted by Crippen LogP contribution is 2.33. The van der Waals surface area contributed by atoms with Gasteiger partial charge >= 0.3 is 6.09 Å². The number of carbonyl (C=O) groups excluding carboxylic acids is 2. The van der Waals surface area contributed by atoms with Crippen LogP contribution in [0.2, 0.25) is 10.0 Å². The first-order valence-electron chi connectivity index (χ1n) is 15.7. The maximum Gasteiger partial charge on any atom is 0.421 e. The molecule has 1 heterocycles. The van der Waals surface area contributed by atoms with Crippen LogP contribution in [0.4, 0.5) is 4.79 Å². The van der Waals surface area contributed by atoms with Crippen LogP contribution in [0.1, 0.15) is 46.8 Å². The number of guanidine groups is 1. The summed E-state index contributed by atoms with van der Waals surface area (Å²) < 4.78 is 17.0. The SMILES string of the molecule is CCCCOc1ccc(CC2/C(=C/c3ccc(OC)cc3)N(C(=O)OCc3ccccc3)C(=NC(=O)c3ccc(Cl)cc3Cl)N2C)cc1. The Kier molecular flexibility index (Phi) is 11.8. The highest BCUT2D eigenvalue weighted by atomic mass is 35.5. The van der Waals surface area contributed by atoms with Crippen LogP contribution in [0, 0.1) is 0 Å². The predicted molar refractivity (Wildman–Crippen MR) is 190 cm³/mol. The average Bonchev–Trinajstić information content (AvgIpc) is 3.34. The molecule has 1 aliphatic heterocycles. The zero-order chi connectivity index (χ0) is 34.0. The molecule has 0 spiro atoms. The number of hydrogen-bond acceptors (Lipinski definition) is 5. The molecule has 0 aliphatic carbocycles. The predicted octanol–water partition coefficient (Wildman–Crippen LogP) is 8.91. The van der Waals surface area contributed by atoms with Gasteiger partial charge in [0.25, 0.3) is 5.91 Å². The van der Waals surface area contributed by atoms with E-state index in [1.807, 2.05) is 89.8 Å². The van der Waals surface area contributed by atoms with E-state index >= 15 is 0 Å². The Labute approximate surface area is 291 Å². The molecule has 0 aromatic heterocycles. The third kappa shape index (κ3) is 8.56. The highest BCUT2D eigenvalue weighted by Gasteiger charge is 2.43. The van der Waals surface area contributed by atoms with E-state index in [-0.39, 0.29) is 23.2 Å². The first-order chi connectivity index (χ1) is 23.3. The Hall–Kier alpha value is -4.79. The van der Waals surface area contributed by atoms with Gasteiger partial charge in [-0.25, -0.2) is 9.69 Å². The third-order valence-corrected chi connectivity index (χ3v) is 8.43. The summed E-state index contributed by atoms with van der Waals surface area (Å²) >= 11 is 12.5. The molecule has 48 heavy (non-hydrogen) atoms. The molecule has 248 valence electrons. The van der Waals surface area contributed by atoms with Crippen LogP contribution < -0.4 is 9.47 Å². The lowest BCUT2D eigenvalue weighted by Crippen LogP contribution is -2.37. The summed E-state index contributed by atoms with van der Waals surface area (Å²) in [6, 6.07) is 28.9. The third-order valence-electron chi connectivity index (χ3n) is 7.88. The molecular formula is C38H37Cl2N3O5. The van der Waals surface area contributed by atoms with Gasteiger partial charge in [0.2, 0.25) is 5.96 Å². The number of benzene rings is 4. The second kappa shape index (κ2) is 16.4. The van der Waals surface area contributed by atoms with Crippen molar-refractivity contribution >= 4 is 47.2 Å². The Bertz CT molecular complexity index is 1780. The number of methoxy groups -OCH3 is 1. The van der Waals surface area contributed by atoms with E-state index in [1.165, 1.54) is 17.0 Å². The summed E-state index contributed by atoms with van der Waals surface area (Å²) in [4.78, 5) is 35.3. The minimum absolute atomic E-state index is 0.0318. The van der Waals surface area contributed by atoms with Gasteiger partial charge in [0.1, 0.15) is 18.1 Å². The fraction of sp³-hybridized carbons (Fsp3) is 0.237. The van der Waals surface area contributed by atoms with Gasteiger partial charge in [0, 0.05) is 12.1 Å². The topological polar surface area (TPSA) is 80.7 Å². The summed E-state index contributed by atoms with van der Waals surface area (Å²) in [7, 11) is 3.40. The first kappa shape index (κ1) is 34.5. The molecule has 0 saturated carbocycles. The second-order valence-electron chi connectivity index (χ2n) is 11.2. The molecule has 1 unspecified atom stereocenters. The minimum Gasteiger partial charge on any atom is -0.497 e. The van der Waals surface area contributed by atoms with E-state index in [4.69, 9.17) is 37.4 Å². The fourth-order valence-corrected chi connectivity index (χ4v) is 5.72. The lowest BCUT2D eigenvalue weighted by atomic mass is 10.0. The van der Waals surface area contributed by atoms with Gasteiger partial charge in [-0.2, -0.15) is 4.99 Å². The molecule has 0 bridgehead atoms. The normalized spacial score (nSPS) is 16.0. The van der Waals surface area contributed by atoms with Gasteiger partial charge in [0.05, 0.1) is 36.0 Å². The number of nitrogens with zero attached hydrogens (tertiary/aromatic N) is 3. The van der Waals surface area contributed by atoms with Gasteiger partial charge in [-0.05, 0) is 78.1 Å². The molecule has 2 amide bonds. The molecule has 8 nitrogen and oxygen atoms in total. The van der Waals surface area contributed by atoms with Crippen molar-refractivity contribution in [2.45, 2.75) is 38.8 Å². The van der Waals surface area contributed by atoms with E-state index in [2.05, 4.69) is 11.9 Å². The Morgan fingerprint density at radius 2 is 1.60 bits per heavy atom. The van der Waals surface area contributed by atoms with Gasteiger partial charge < -0.3 is 19.1 Å². The number of likely N-dealkylation sites (N-methyl/N-ethyl adjacent to an activating group) is 1. The maximum absolute atomic E-state index is 14.0. The standard InChI is InChI=1S/C38H37Cl2N3O5/c1-4-5-21-47-31-18-13-26(14-19-31)22-34-35(23-27-11-16-30(46-3)17-12-27)43(38(45)48-25-28-9-7-6-8-10-28)37(42(34)2)41-36(44)32-20-15-29(39)24-33(32)40/h6-20,23-24,34H,4-5,21-22,25H2,1-3H3/b35-23-,41-37?. The van der Waals surface area contributed by atoms with Crippen molar-refractivity contribution in [3.63, 3.8) is 0 Å². The van der Waals surface area contributed by atoms with E-state index in [0.29, 0.717) is 29.5 Å². The van der Waals surface area contributed by atoms with Crippen molar-refractivity contribution < 1.29 is 23.8 Å². The van der Waals surface area contributed by atoms with E-state index < -0.39 is 18.0 Å². The van der Waals surface area contributed by atoms with Crippen LogP contribution in [-0.2, 0) is 17.8 Å². The second-order valence-corrected chi connectivity index (χ2v) is 12.1. The number of amides is 2. The van der Waals surface area contributed by atoms with Crippen LogP contribution in [0.5, 0.6) is 11.5 Å². The van der Waals surface area contributed by atoms with Crippen molar-refractivity contribution in [2.24, 2.45) is 4.99 Å². The number of hydrogen-bond donors (Lipinski definition) is 0. The van der Waals surface area contributed by atoms with Gasteiger partial charge in [0.15, 0.2) is 0 Å². The zero-order valence-electron chi connectivity index (χ0n) is 27.1. The van der Waals surface area contributed by atoms with Crippen molar-refractivity contribution in [2.75, 3.05) is 20.8 Å². The molecule has 4 aromatic carbocycles. The molecule has 5 rings (SSSR count). The quantitative estimate of drug-likeness (QED) is 0.147. The lowest BCUT2D eigenvalue weighted by Gasteiger charge is -2.20. The number of ether oxygens (including phenoxy) is 3. The maximum atomic E-state index is 14.0. The van der Waals surface area contributed by atoms with Gasteiger partial charge in [-0.15, -0.1) is 0 Å².